The third-order valence-electron chi connectivity index (χ3n) is 7.21. The number of hydrogen-bond acceptors (Lipinski definition) is 4. The van der Waals surface area contributed by atoms with Gasteiger partial charge in [0, 0.05) is 23.1 Å². The van der Waals surface area contributed by atoms with Crippen molar-refractivity contribution < 1.29 is 0 Å². The Labute approximate surface area is 187 Å². The van der Waals surface area contributed by atoms with Crippen molar-refractivity contribution in [3.63, 3.8) is 0 Å². The van der Waals surface area contributed by atoms with E-state index in [-0.39, 0.29) is 30.2 Å². The van der Waals surface area contributed by atoms with E-state index in [1.165, 1.54) is 49.2 Å². The van der Waals surface area contributed by atoms with Crippen LogP contribution in [-0.4, -0.2) is 26.7 Å². The number of halogens is 3. The first kappa shape index (κ1) is 22.1. The highest BCUT2D eigenvalue weighted by Gasteiger charge is 2.50. The second-order valence-electron chi connectivity index (χ2n) is 8.60. The highest BCUT2D eigenvalue weighted by Crippen LogP contribution is 2.55. The minimum absolute atomic E-state index is 0. The second-order valence-corrected chi connectivity index (χ2v) is 9.46. The van der Waals surface area contributed by atoms with Crippen molar-refractivity contribution in [2.45, 2.75) is 82.2 Å². The quantitative estimate of drug-likeness (QED) is 0.633. The highest BCUT2D eigenvalue weighted by atomic mass is 79.9. The van der Waals surface area contributed by atoms with Crippen LogP contribution in [0.5, 0.6) is 0 Å². The molecule has 3 atom stereocenters. The highest BCUT2D eigenvalue weighted by molar-refractivity contribution is 9.10. The zero-order valence-electron chi connectivity index (χ0n) is 16.3. The lowest BCUT2D eigenvalue weighted by Crippen LogP contribution is -2.29. The lowest BCUT2D eigenvalue weighted by Gasteiger charge is -2.30. The average molecular weight is 491 g/mol. The third-order valence-corrected chi connectivity index (χ3v) is 7.77. The van der Waals surface area contributed by atoms with Gasteiger partial charge in [0.2, 0.25) is 0 Å². The maximum absolute atomic E-state index is 6.16. The van der Waals surface area contributed by atoms with Crippen LogP contribution in [0.1, 0.15) is 69.5 Å². The van der Waals surface area contributed by atoms with Gasteiger partial charge in [-0.3, -0.25) is 0 Å². The van der Waals surface area contributed by atoms with Crippen molar-refractivity contribution in [2.24, 2.45) is 11.7 Å². The third kappa shape index (κ3) is 3.24. The number of nitrogens with zero attached hydrogens (tertiary/aromatic N) is 3. The molecule has 0 aliphatic heterocycles. The fourth-order valence-corrected chi connectivity index (χ4v) is 6.26. The normalized spacial score (nSPS) is 27.6. The van der Waals surface area contributed by atoms with Gasteiger partial charge in [-0.25, -0.2) is 4.98 Å². The summed E-state index contributed by atoms with van der Waals surface area (Å²) in [5.74, 6) is 1.89. The van der Waals surface area contributed by atoms with E-state index in [9.17, 15) is 0 Å². The molecule has 2 saturated carbocycles. The van der Waals surface area contributed by atoms with Crippen molar-refractivity contribution in [3.05, 3.63) is 21.9 Å². The molecule has 0 amide bonds. The number of nitrogens with one attached hydrogen (secondary N) is 1. The average Bonchev–Trinajstić information content (AvgIpc) is 3.39. The summed E-state index contributed by atoms with van der Waals surface area (Å²) in [4.78, 5) is 5.19. The van der Waals surface area contributed by atoms with Crippen LogP contribution in [0.25, 0.3) is 5.65 Å². The van der Waals surface area contributed by atoms with Crippen molar-refractivity contribution in [2.75, 3.05) is 5.32 Å². The zero-order valence-corrected chi connectivity index (χ0v) is 19.5. The molecular formula is C20H30BrCl2N5. The van der Waals surface area contributed by atoms with E-state index in [0.29, 0.717) is 18.0 Å². The Kier molecular flexibility index (Phi) is 6.55. The van der Waals surface area contributed by atoms with Crippen molar-refractivity contribution in [1.82, 2.24) is 14.6 Å². The number of hydrogen-bond donors (Lipinski definition) is 2. The number of anilines is 1. The topological polar surface area (TPSA) is 68.2 Å². The Hall–Kier alpha value is -0.560. The molecule has 3 aliphatic rings. The second kappa shape index (κ2) is 8.29. The van der Waals surface area contributed by atoms with E-state index < -0.39 is 0 Å². The van der Waals surface area contributed by atoms with E-state index in [1.54, 1.807) is 0 Å². The van der Waals surface area contributed by atoms with Gasteiger partial charge in [-0.1, -0.05) is 26.2 Å². The number of rotatable bonds is 3. The molecule has 1 spiro atoms. The molecule has 156 valence electrons. The lowest BCUT2D eigenvalue weighted by atomic mass is 9.74. The van der Waals surface area contributed by atoms with Crippen LogP contribution in [0.15, 0.2) is 10.7 Å². The van der Waals surface area contributed by atoms with Crippen molar-refractivity contribution >= 4 is 52.2 Å². The fraction of sp³-hybridized carbons (Fsp3) is 0.700. The lowest BCUT2D eigenvalue weighted by molar-refractivity contribution is 0.286. The molecule has 2 fully saturated rings. The molecule has 28 heavy (non-hydrogen) atoms. The molecule has 8 heteroatoms. The van der Waals surface area contributed by atoms with Gasteiger partial charge in [-0.2, -0.15) is 9.61 Å². The molecule has 5 rings (SSSR count). The summed E-state index contributed by atoms with van der Waals surface area (Å²) < 4.78 is 3.01. The summed E-state index contributed by atoms with van der Waals surface area (Å²) in [5.41, 5.74) is 10.2. The van der Waals surface area contributed by atoms with E-state index in [0.717, 1.165) is 35.8 Å². The first-order chi connectivity index (χ1) is 12.6. The summed E-state index contributed by atoms with van der Waals surface area (Å²) >= 11 is 3.67. The van der Waals surface area contributed by atoms with Crippen LogP contribution < -0.4 is 11.1 Å². The minimum atomic E-state index is 0. The molecule has 0 bridgehead atoms. The Morgan fingerprint density at radius 1 is 1.29 bits per heavy atom. The predicted octanol–water partition coefficient (Wildman–Crippen LogP) is 5.02. The van der Waals surface area contributed by atoms with Crippen LogP contribution in [0.3, 0.4) is 0 Å². The van der Waals surface area contributed by atoms with Crippen LogP contribution in [-0.2, 0) is 11.8 Å². The van der Waals surface area contributed by atoms with Crippen LogP contribution >= 0.6 is 40.7 Å². The molecule has 5 nitrogen and oxygen atoms in total. The Balaban J connectivity index is 0.00000112. The number of aromatic nitrogens is 3. The fourth-order valence-electron chi connectivity index (χ4n) is 5.92. The van der Waals surface area contributed by atoms with E-state index >= 15 is 0 Å². The summed E-state index contributed by atoms with van der Waals surface area (Å²) in [6, 6.07) is 0.773. The van der Waals surface area contributed by atoms with Crippen LogP contribution in [0.2, 0.25) is 0 Å². The summed E-state index contributed by atoms with van der Waals surface area (Å²) in [6.45, 7) is 2.35. The minimum Gasteiger partial charge on any atom is -0.367 e. The van der Waals surface area contributed by atoms with Gasteiger partial charge in [0.1, 0.15) is 5.82 Å². The van der Waals surface area contributed by atoms with Gasteiger partial charge < -0.3 is 11.1 Å². The Bertz CT molecular complexity index is 849. The molecule has 0 radical (unpaired) electrons. The Morgan fingerprint density at radius 3 is 2.68 bits per heavy atom. The molecule has 0 aromatic carbocycles. The molecule has 2 aromatic heterocycles. The molecule has 2 heterocycles. The molecular weight excluding hydrogens is 461 g/mol. The van der Waals surface area contributed by atoms with E-state index in [2.05, 4.69) is 33.3 Å². The maximum Gasteiger partial charge on any atom is 0.171 e. The molecule has 1 unspecified atom stereocenters. The zero-order chi connectivity index (χ0) is 17.9. The Morgan fingerprint density at radius 2 is 2.04 bits per heavy atom. The number of nitrogens with two attached hydrogens (primary N) is 1. The van der Waals surface area contributed by atoms with E-state index in [1.807, 2.05) is 10.7 Å². The first-order valence-corrected chi connectivity index (χ1v) is 11.0. The van der Waals surface area contributed by atoms with Crippen molar-refractivity contribution in [1.29, 1.82) is 0 Å². The molecule has 3 aliphatic carbocycles. The predicted molar refractivity (Wildman–Crippen MR) is 122 cm³/mol. The van der Waals surface area contributed by atoms with Gasteiger partial charge >= 0.3 is 0 Å². The van der Waals surface area contributed by atoms with Gasteiger partial charge in [-0.05, 0) is 60.4 Å². The maximum atomic E-state index is 6.16. The monoisotopic (exact) mass is 489 g/mol. The summed E-state index contributed by atoms with van der Waals surface area (Å²) in [7, 11) is 0. The van der Waals surface area contributed by atoms with Gasteiger partial charge in [0.25, 0.3) is 0 Å². The van der Waals surface area contributed by atoms with Gasteiger partial charge in [0.05, 0.1) is 16.4 Å². The van der Waals surface area contributed by atoms with Gasteiger partial charge in [0.15, 0.2) is 5.65 Å². The largest absolute Gasteiger partial charge is 0.367 e. The standard InChI is InChI=1S/C20H28BrN5.2ClH/c1-2-12-9-15-17(20(12)7-3-4-8-20)25-19-16(21)11-23-26(19)18(15)24-14-6-5-13(22)10-14;;/h11-14,24H,2-10,22H2,1H3;2*1H/t12?,13-,14-;;/m0../s1. The smallest absolute Gasteiger partial charge is 0.171 e. The number of fused-ring (bicyclic) bond motifs is 3. The first-order valence-electron chi connectivity index (χ1n) is 10.2. The molecule has 3 N–H and O–H groups in total. The van der Waals surface area contributed by atoms with Crippen molar-refractivity contribution in [3.8, 4) is 0 Å². The SMILES string of the molecule is CCC1Cc2c(nc3c(Br)cnn3c2N[C@H]2CC[C@H](N)C2)C12CCCC2.Cl.Cl. The van der Waals surface area contributed by atoms with Gasteiger partial charge in [-0.15, -0.1) is 24.8 Å². The summed E-state index contributed by atoms with van der Waals surface area (Å²) in [5, 5.41) is 8.47. The van der Waals surface area contributed by atoms with E-state index in [4.69, 9.17) is 10.7 Å². The molecule has 0 saturated heterocycles. The van der Waals surface area contributed by atoms with Crippen LogP contribution in [0.4, 0.5) is 5.82 Å². The summed E-state index contributed by atoms with van der Waals surface area (Å²) in [6.07, 6.45) is 12.8. The molecule has 2 aromatic rings. The van der Waals surface area contributed by atoms with Crippen LogP contribution in [0, 0.1) is 5.92 Å².